The lowest BCUT2D eigenvalue weighted by Gasteiger charge is -2.12. The van der Waals surface area contributed by atoms with Gasteiger partial charge in [0.2, 0.25) is 0 Å². The van der Waals surface area contributed by atoms with E-state index >= 15 is 0 Å². The minimum atomic E-state index is 0.712. The van der Waals surface area contributed by atoms with Crippen molar-refractivity contribution in [1.82, 2.24) is 5.43 Å². The molecule has 0 aliphatic carbocycles. The zero-order valence-corrected chi connectivity index (χ0v) is 9.43. The Hall–Kier alpha value is -2.26. The third-order valence-electron chi connectivity index (χ3n) is 2.62. The van der Waals surface area contributed by atoms with E-state index < -0.39 is 0 Å². The average molecular weight is 225 g/mol. The summed E-state index contributed by atoms with van der Waals surface area (Å²) >= 11 is 0. The number of hydrogen-bond acceptors (Lipinski definition) is 3. The smallest absolute Gasteiger partial charge is 0.0719 e. The minimum absolute atomic E-state index is 0.712. The standard InChI is InChI=1S/C14H15N3/c15-10-14(17-16)13-9-5-4-8-12(13)11-6-2-1-3-7-11/h1-10,17H,15-16H2/b14-10-. The highest BCUT2D eigenvalue weighted by Crippen LogP contribution is 2.26. The van der Waals surface area contributed by atoms with Crippen LogP contribution >= 0.6 is 0 Å². The Labute approximate surface area is 101 Å². The van der Waals surface area contributed by atoms with E-state index in [4.69, 9.17) is 11.6 Å². The molecule has 0 aromatic heterocycles. The Morgan fingerprint density at radius 3 is 2.24 bits per heavy atom. The quantitative estimate of drug-likeness (QED) is 0.553. The fourth-order valence-corrected chi connectivity index (χ4v) is 1.80. The predicted molar refractivity (Wildman–Crippen MR) is 71.4 cm³/mol. The molecule has 0 atom stereocenters. The summed E-state index contributed by atoms with van der Waals surface area (Å²) in [4.78, 5) is 0. The van der Waals surface area contributed by atoms with Crippen LogP contribution in [0.15, 0.2) is 60.8 Å². The molecule has 0 heterocycles. The van der Waals surface area contributed by atoms with Crippen molar-refractivity contribution >= 4 is 5.70 Å². The van der Waals surface area contributed by atoms with E-state index in [0.29, 0.717) is 5.70 Å². The molecule has 2 rings (SSSR count). The molecule has 0 bridgehead atoms. The summed E-state index contributed by atoms with van der Waals surface area (Å²) in [6, 6.07) is 18.1. The maximum absolute atomic E-state index is 5.56. The van der Waals surface area contributed by atoms with E-state index in [-0.39, 0.29) is 0 Å². The highest BCUT2D eigenvalue weighted by Gasteiger charge is 2.07. The molecule has 86 valence electrons. The molecule has 0 spiro atoms. The monoisotopic (exact) mass is 225 g/mol. The molecule has 2 aromatic carbocycles. The van der Waals surface area contributed by atoms with Crippen molar-refractivity contribution in [3.63, 3.8) is 0 Å². The van der Waals surface area contributed by atoms with Crippen molar-refractivity contribution < 1.29 is 0 Å². The van der Waals surface area contributed by atoms with Gasteiger partial charge in [0, 0.05) is 11.8 Å². The van der Waals surface area contributed by atoms with E-state index in [0.717, 1.165) is 16.7 Å². The molecule has 0 amide bonds. The van der Waals surface area contributed by atoms with Crippen LogP contribution in [0.3, 0.4) is 0 Å². The Morgan fingerprint density at radius 2 is 1.59 bits per heavy atom. The first-order chi connectivity index (χ1) is 8.36. The Bertz CT molecular complexity index is 518. The van der Waals surface area contributed by atoms with Gasteiger partial charge in [0.25, 0.3) is 0 Å². The molecule has 3 nitrogen and oxygen atoms in total. The number of benzene rings is 2. The maximum Gasteiger partial charge on any atom is 0.0719 e. The minimum Gasteiger partial charge on any atom is -0.403 e. The second-order valence-electron chi connectivity index (χ2n) is 3.64. The highest BCUT2D eigenvalue weighted by molar-refractivity contribution is 5.80. The van der Waals surface area contributed by atoms with Gasteiger partial charge in [0.05, 0.1) is 5.70 Å². The van der Waals surface area contributed by atoms with Gasteiger partial charge in [0.1, 0.15) is 0 Å². The van der Waals surface area contributed by atoms with Gasteiger partial charge in [-0.3, -0.25) is 5.84 Å². The van der Waals surface area contributed by atoms with E-state index in [9.17, 15) is 0 Å². The molecule has 2 aromatic rings. The molecule has 0 saturated carbocycles. The van der Waals surface area contributed by atoms with Crippen molar-refractivity contribution in [2.75, 3.05) is 0 Å². The van der Waals surface area contributed by atoms with Crippen molar-refractivity contribution in [3.8, 4) is 11.1 Å². The van der Waals surface area contributed by atoms with Crippen LogP contribution in [-0.4, -0.2) is 0 Å². The zero-order chi connectivity index (χ0) is 12.1. The topological polar surface area (TPSA) is 64.1 Å². The molecular weight excluding hydrogens is 210 g/mol. The van der Waals surface area contributed by atoms with Crippen LogP contribution in [-0.2, 0) is 0 Å². The lowest BCUT2D eigenvalue weighted by atomic mass is 9.98. The van der Waals surface area contributed by atoms with Gasteiger partial charge in [-0.1, -0.05) is 54.6 Å². The molecule has 0 aliphatic heterocycles. The lowest BCUT2D eigenvalue weighted by molar-refractivity contribution is 0.988. The lowest BCUT2D eigenvalue weighted by Crippen LogP contribution is -2.21. The van der Waals surface area contributed by atoms with Gasteiger partial charge in [-0.2, -0.15) is 0 Å². The van der Waals surface area contributed by atoms with Gasteiger partial charge >= 0.3 is 0 Å². The highest BCUT2D eigenvalue weighted by atomic mass is 15.2. The van der Waals surface area contributed by atoms with Crippen LogP contribution in [0.1, 0.15) is 5.56 Å². The zero-order valence-electron chi connectivity index (χ0n) is 9.43. The molecule has 3 heteroatoms. The fourth-order valence-electron chi connectivity index (χ4n) is 1.80. The summed E-state index contributed by atoms with van der Waals surface area (Å²) < 4.78 is 0. The number of hydrazine groups is 1. The molecule has 0 radical (unpaired) electrons. The van der Waals surface area contributed by atoms with E-state index in [1.54, 1.807) is 0 Å². The number of nitrogens with two attached hydrogens (primary N) is 2. The van der Waals surface area contributed by atoms with Gasteiger partial charge in [-0.05, 0) is 11.1 Å². The van der Waals surface area contributed by atoms with Gasteiger partial charge in [-0.25, -0.2) is 0 Å². The van der Waals surface area contributed by atoms with Crippen LogP contribution in [0.2, 0.25) is 0 Å². The first-order valence-electron chi connectivity index (χ1n) is 5.40. The van der Waals surface area contributed by atoms with Crippen molar-refractivity contribution in [3.05, 3.63) is 66.4 Å². The first kappa shape index (κ1) is 11.2. The second kappa shape index (κ2) is 5.18. The molecular formula is C14H15N3. The van der Waals surface area contributed by atoms with Gasteiger partial charge in [-0.15, -0.1) is 0 Å². The third kappa shape index (κ3) is 2.29. The summed E-state index contributed by atoms with van der Waals surface area (Å²) in [6.45, 7) is 0. The van der Waals surface area contributed by atoms with E-state index in [1.807, 2.05) is 42.5 Å². The largest absolute Gasteiger partial charge is 0.403 e. The Kier molecular flexibility index (Phi) is 3.43. The number of hydrogen-bond donors (Lipinski definition) is 3. The molecule has 0 aliphatic rings. The van der Waals surface area contributed by atoms with Crippen molar-refractivity contribution in [2.24, 2.45) is 11.6 Å². The number of nitrogens with one attached hydrogen (secondary N) is 1. The average Bonchev–Trinajstić information content (AvgIpc) is 2.42. The van der Waals surface area contributed by atoms with Crippen LogP contribution in [0.4, 0.5) is 0 Å². The Balaban J connectivity index is 2.56. The van der Waals surface area contributed by atoms with Crippen LogP contribution < -0.4 is 17.0 Å². The first-order valence-corrected chi connectivity index (χ1v) is 5.40. The summed E-state index contributed by atoms with van der Waals surface area (Å²) in [5, 5.41) is 0. The molecule has 0 fully saturated rings. The second-order valence-corrected chi connectivity index (χ2v) is 3.64. The molecule has 0 unspecified atom stereocenters. The maximum atomic E-state index is 5.56. The SMILES string of the molecule is N/C=C(\NN)c1ccccc1-c1ccccc1. The summed E-state index contributed by atoms with van der Waals surface area (Å²) in [6.07, 6.45) is 1.47. The summed E-state index contributed by atoms with van der Waals surface area (Å²) in [5.74, 6) is 5.46. The molecule has 5 N–H and O–H groups in total. The van der Waals surface area contributed by atoms with Crippen molar-refractivity contribution in [1.29, 1.82) is 0 Å². The molecule has 0 saturated heterocycles. The predicted octanol–water partition coefficient (Wildman–Crippen LogP) is 2.07. The normalized spacial score (nSPS) is 11.2. The van der Waals surface area contributed by atoms with Crippen LogP contribution in [0.25, 0.3) is 16.8 Å². The summed E-state index contributed by atoms with van der Waals surface area (Å²) in [5.41, 5.74) is 12.1. The van der Waals surface area contributed by atoms with E-state index in [2.05, 4.69) is 17.6 Å². The fraction of sp³-hybridized carbons (Fsp3) is 0. The van der Waals surface area contributed by atoms with Crippen molar-refractivity contribution in [2.45, 2.75) is 0 Å². The van der Waals surface area contributed by atoms with Crippen LogP contribution in [0, 0.1) is 0 Å². The summed E-state index contributed by atoms with van der Waals surface area (Å²) in [7, 11) is 0. The molecule has 17 heavy (non-hydrogen) atoms. The van der Waals surface area contributed by atoms with E-state index in [1.165, 1.54) is 6.20 Å². The third-order valence-corrected chi connectivity index (χ3v) is 2.62. The number of rotatable bonds is 3. The van der Waals surface area contributed by atoms with Gasteiger partial charge < -0.3 is 11.2 Å². The van der Waals surface area contributed by atoms with Gasteiger partial charge in [0.15, 0.2) is 0 Å². The van der Waals surface area contributed by atoms with Crippen LogP contribution in [0.5, 0.6) is 0 Å². The Morgan fingerprint density at radius 1 is 0.941 bits per heavy atom.